The number of H-pyrrole nitrogens is 1. The highest BCUT2D eigenvalue weighted by molar-refractivity contribution is 6.07. The van der Waals surface area contributed by atoms with E-state index in [-0.39, 0.29) is 30.2 Å². The molecule has 2 amide bonds. The van der Waals surface area contributed by atoms with Crippen LogP contribution in [0.2, 0.25) is 0 Å². The molecule has 0 fully saturated rings. The fourth-order valence-electron chi connectivity index (χ4n) is 3.93. The minimum absolute atomic E-state index is 0.0442. The van der Waals surface area contributed by atoms with Crippen molar-refractivity contribution >= 4 is 40.3 Å². The van der Waals surface area contributed by atoms with Gasteiger partial charge in [-0.2, -0.15) is 18.3 Å². The van der Waals surface area contributed by atoms with Crippen molar-refractivity contribution in [3.63, 3.8) is 0 Å². The summed E-state index contributed by atoms with van der Waals surface area (Å²) in [5.41, 5.74) is -0.947. The standard InChI is InChI=1S/C24H22F5N7O4/c25-13-7-31-23(32-8-13)35-18-4-12(5-19-14(18)9-33-36-19)22(40)30-10-20(37)34-17(6-21(38)39)11-1-2-16(26)15(3-11)24(27,28)29/h1-5,9,13,17H,6-8,10H2,(H,30,40)(H,33,36)(H,34,37)(H,38,39)(H2,31,32,35)/t17-/m0/s1. The molecule has 40 heavy (non-hydrogen) atoms. The van der Waals surface area contributed by atoms with Gasteiger partial charge in [-0.15, -0.1) is 0 Å². The number of carbonyl (C=O) groups is 3. The first kappa shape index (κ1) is 28.3. The first-order valence-corrected chi connectivity index (χ1v) is 11.7. The number of hydrogen-bond donors (Lipinski definition) is 6. The monoisotopic (exact) mass is 567 g/mol. The van der Waals surface area contributed by atoms with Gasteiger partial charge in [0.2, 0.25) is 5.91 Å². The summed E-state index contributed by atoms with van der Waals surface area (Å²) in [6, 6.07) is 3.36. The van der Waals surface area contributed by atoms with E-state index in [9.17, 15) is 41.4 Å². The third kappa shape index (κ3) is 6.81. The van der Waals surface area contributed by atoms with Crippen molar-refractivity contribution < 1.29 is 41.4 Å². The zero-order chi connectivity index (χ0) is 29.0. The number of amides is 2. The number of carbonyl (C=O) groups excluding carboxylic acids is 2. The Kier molecular flexibility index (Phi) is 8.16. The first-order chi connectivity index (χ1) is 18.9. The van der Waals surface area contributed by atoms with Gasteiger partial charge < -0.3 is 26.4 Å². The van der Waals surface area contributed by atoms with E-state index in [1.807, 2.05) is 0 Å². The molecule has 1 aromatic heterocycles. The zero-order valence-electron chi connectivity index (χ0n) is 20.4. The molecule has 3 aromatic rings. The van der Waals surface area contributed by atoms with E-state index in [2.05, 4.69) is 36.5 Å². The Hall–Kier alpha value is -4.76. The van der Waals surface area contributed by atoms with Crippen LogP contribution in [0.25, 0.3) is 10.9 Å². The molecule has 2 heterocycles. The van der Waals surface area contributed by atoms with E-state index in [1.165, 1.54) is 18.3 Å². The lowest BCUT2D eigenvalue weighted by Crippen LogP contribution is -2.41. The number of nitrogens with zero attached hydrogens (tertiary/aromatic N) is 2. The van der Waals surface area contributed by atoms with Gasteiger partial charge in [0.25, 0.3) is 5.91 Å². The Morgan fingerprint density at radius 3 is 2.62 bits per heavy atom. The first-order valence-electron chi connectivity index (χ1n) is 11.7. The number of aromatic amines is 1. The molecule has 0 bridgehead atoms. The van der Waals surface area contributed by atoms with Gasteiger partial charge in [0.1, 0.15) is 12.0 Å². The van der Waals surface area contributed by atoms with Gasteiger partial charge in [-0.25, -0.2) is 13.8 Å². The summed E-state index contributed by atoms with van der Waals surface area (Å²) in [4.78, 5) is 40.7. The maximum absolute atomic E-state index is 13.7. The summed E-state index contributed by atoms with van der Waals surface area (Å²) >= 11 is 0. The average Bonchev–Trinajstić information content (AvgIpc) is 3.37. The molecule has 11 nitrogen and oxygen atoms in total. The molecule has 0 radical (unpaired) electrons. The second kappa shape index (κ2) is 11.5. The van der Waals surface area contributed by atoms with Crippen LogP contribution in [-0.4, -0.2) is 64.9 Å². The van der Waals surface area contributed by atoms with E-state index in [1.54, 1.807) is 0 Å². The van der Waals surface area contributed by atoms with Crippen LogP contribution in [0.4, 0.5) is 27.6 Å². The third-order valence-electron chi connectivity index (χ3n) is 5.83. The van der Waals surface area contributed by atoms with Gasteiger partial charge in [0.15, 0.2) is 5.96 Å². The number of carboxylic acid groups (broad SMARTS) is 1. The van der Waals surface area contributed by atoms with E-state index in [0.717, 1.165) is 6.07 Å². The molecule has 2 atom stereocenters. The predicted octanol–water partition coefficient (Wildman–Crippen LogP) is 2.49. The number of benzene rings is 2. The van der Waals surface area contributed by atoms with Crippen LogP contribution >= 0.6 is 0 Å². The molecule has 1 unspecified atom stereocenters. The van der Waals surface area contributed by atoms with Crippen LogP contribution in [-0.2, 0) is 15.8 Å². The van der Waals surface area contributed by atoms with E-state index in [4.69, 9.17) is 0 Å². The van der Waals surface area contributed by atoms with Crippen molar-refractivity contribution in [1.29, 1.82) is 0 Å². The summed E-state index contributed by atoms with van der Waals surface area (Å²) in [6.07, 6.45) is -5.47. The molecule has 0 saturated heterocycles. The van der Waals surface area contributed by atoms with Gasteiger partial charge in [-0.3, -0.25) is 19.5 Å². The van der Waals surface area contributed by atoms with Crippen LogP contribution in [0.3, 0.4) is 0 Å². The quantitative estimate of drug-likeness (QED) is 0.228. The van der Waals surface area contributed by atoms with Crippen molar-refractivity contribution in [2.75, 3.05) is 25.0 Å². The highest BCUT2D eigenvalue weighted by Gasteiger charge is 2.35. The van der Waals surface area contributed by atoms with Gasteiger partial charge in [0.05, 0.1) is 55.1 Å². The molecule has 1 aliphatic rings. The van der Waals surface area contributed by atoms with Crippen molar-refractivity contribution in [3.05, 3.63) is 59.0 Å². The summed E-state index contributed by atoms with van der Waals surface area (Å²) in [5.74, 6) is -4.32. The smallest absolute Gasteiger partial charge is 0.419 e. The zero-order valence-corrected chi connectivity index (χ0v) is 20.4. The molecule has 212 valence electrons. The number of guanidine groups is 1. The molecule has 16 heteroatoms. The number of rotatable bonds is 8. The number of carboxylic acids is 1. The second-order valence-electron chi connectivity index (χ2n) is 8.79. The summed E-state index contributed by atoms with van der Waals surface area (Å²) < 4.78 is 66.4. The maximum Gasteiger partial charge on any atom is 0.419 e. The van der Waals surface area contributed by atoms with E-state index < -0.39 is 60.5 Å². The lowest BCUT2D eigenvalue weighted by Gasteiger charge is -2.20. The third-order valence-corrected chi connectivity index (χ3v) is 5.83. The molecule has 0 saturated carbocycles. The molecule has 0 aliphatic carbocycles. The average molecular weight is 567 g/mol. The normalized spacial score (nSPS) is 16.0. The van der Waals surface area contributed by atoms with Crippen LogP contribution in [0.5, 0.6) is 0 Å². The molecule has 2 aromatic carbocycles. The minimum atomic E-state index is -5.04. The number of aliphatic carboxylic acids is 1. The van der Waals surface area contributed by atoms with Gasteiger partial charge in [-0.05, 0) is 29.8 Å². The second-order valence-corrected chi connectivity index (χ2v) is 8.79. The Morgan fingerprint density at radius 1 is 1.18 bits per heavy atom. The van der Waals surface area contributed by atoms with E-state index >= 15 is 0 Å². The lowest BCUT2D eigenvalue weighted by molar-refractivity contribution is -0.140. The van der Waals surface area contributed by atoms with Gasteiger partial charge in [-0.1, -0.05) is 6.07 Å². The van der Waals surface area contributed by atoms with Crippen molar-refractivity contribution in [1.82, 2.24) is 26.1 Å². The number of aromatic nitrogens is 2. The highest BCUT2D eigenvalue weighted by Crippen LogP contribution is 2.33. The number of halogens is 5. The minimum Gasteiger partial charge on any atom is -0.481 e. The largest absolute Gasteiger partial charge is 0.481 e. The Morgan fingerprint density at radius 2 is 1.95 bits per heavy atom. The topological polar surface area (TPSA) is 161 Å². The number of hydrogen-bond acceptors (Lipinski definition) is 7. The van der Waals surface area contributed by atoms with Crippen molar-refractivity contribution in [2.24, 2.45) is 4.99 Å². The van der Waals surface area contributed by atoms with Crippen LogP contribution < -0.4 is 21.3 Å². The van der Waals surface area contributed by atoms with Crippen LogP contribution in [0.1, 0.15) is 33.9 Å². The predicted molar refractivity (Wildman–Crippen MR) is 132 cm³/mol. The molecular weight excluding hydrogens is 545 g/mol. The number of nitrogens with one attached hydrogen (secondary N) is 5. The SMILES string of the molecule is O=C(O)C[C@H](NC(=O)CNC(=O)c1cc(NC2=NCC(F)CN2)c2cn[nH]c2c1)c1ccc(F)c(C(F)(F)F)c1. The molecule has 6 N–H and O–H groups in total. The van der Waals surface area contributed by atoms with Crippen LogP contribution in [0, 0.1) is 5.82 Å². The number of fused-ring (bicyclic) bond motifs is 1. The van der Waals surface area contributed by atoms with Crippen LogP contribution in [0.15, 0.2) is 41.5 Å². The Labute approximate surface area is 222 Å². The molecule has 1 aliphatic heterocycles. The summed E-state index contributed by atoms with van der Waals surface area (Å²) in [6.45, 7) is -0.649. The lowest BCUT2D eigenvalue weighted by atomic mass is 10.0. The highest BCUT2D eigenvalue weighted by atomic mass is 19.4. The number of aliphatic imine (C=N–C) groups is 1. The molecular formula is C24H22F5N7O4. The summed E-state index contributed by atoms with van der Waals surface area (Å²) in [7, 11) is 0. The van der Waals surface area contributed by atoms with Crippen molar-refractivity contribution in [3.8, 4) is 0 Å². The number of anilines is 1. The summed E-state index contributed by atoms with van der Waals surface area (Å²) in [5, 5.41) is 26.8. The van der Waals surface area contributed by atoms with Gasteiger partial charge in [0, 0.05) is 10.9 Å². The fourth-order valence-corrected chi connectivity index (χ4v) is 3.93. The molecule has 0 spiro atoms. The Balaban J connectivity index is 1.46. The van der Waals surface area contributed by atoms with Gasteiger partial charge >= 0.3 is 12.1 Å². The molecule has 4 rings (SSSR count). The fraction of sp³-hybridized carbons (Fsp3) is 0.292. The number of alkyl halides is 4. The van der Waals surface area contributed by atoms with E-state index in [0.29, 0.717) is 28.7 Å². The Bertz CT molecular complexity index is 1470. The van der Waals surface area contributed by atoms with Crippen molar-refractivity contribution in [2.45, 2.75) is 24.8 Å². The maximum atomic E-state index is 13.7.